The molecule has 2 aliphatic heterocycles. The van der Waals surface area contributed by atoms with Crippen LogP contribution in [0.3, 0.4) is 0 Å². The molecule has 0 saturated carbocycles. The molecule has 1 aromatic carbocycles. The van der Waals surface area contributed by atoms with E-state index >= 15 is 0 Å². The van der Waals surface area contributed by atoms with Crippen LogP contribution in [0.2, 0.25) is 0 Å². The highest BCUT2D eigenvalue weighted by Gasteiger charge is 2.43. The van der Waals surface area contributed by atoms with E-state index < -0.39 is 0 Å². The van der Waals surface area contributed by atoms with Crippen molar-refractivity contribution in [3.63, 3.8) is 0 Å². The smallest absolute Gasteiger partial charge is 0.257 e. The maximum Gasteiger partial charge on any atom is 0.257 e. The average molecular weight is 351 g/mol. The second kappa shape index (κ2) is 5.81. The van der Waals surface area contributed by atoms with Crippen molar-refractivity contribution in [3.05, 3.63) is 58.5 Å². The second-order valence-electron chi connectivity index (χ2n) is 7.46. The van der Waals surface area contributed by atoms with Gasteiger partial charge in [-0.1, -0.05) is 24.3 Å². The van der Waals surface area contributed by atoms with Gasteiger partial charge in [-0.05, 0) is 30.4 Å². The minimum absolute atomic E-state index is 0.0323. The number of carbonyl (C=O) groups is 2. The Morgan fingerprint density at radius 2 is 1.92 bits per heavy atom. The number of ketones is 1. The van der Waals surface area contributed by atoms with Crippen LogP contribution in [-0.4, -0.2) is 29.7 Å². The van der Waals surface area contributed by atoms with Gasteiger partial charge in [0.1, 0.15) is 12.0 Å². The standard InChI is InChI=1S/C21H21NO4/c23-17-6-3-7-18-19(17)15(13-25-18)20(24)22-10-8-21(9-11-22)16-5-2-1-4-14(16)12-26-21/h1-2,4-5,13H,3,6-12H2. The van der Waals surface area contributed by atoms with Gasteiger partial charge in [-0.3, -0.25) is 9.59 Å². The average Bonchev–Trinajstić information content (AvgIpc) is 3.26. The molecule has 1 aromatic heterocycles. The van der Waals surface area contributed by atoms with E-state index in [9.17, 15) is 9.59 Å². The first-order valence-corrected chi connectivity index (χ1v) is 9.33. The fourth-order valence-corrected chi connectivity index (χ4v) is 4.62. The Kier molecular flexibility index (Phi) is 3.54. The molecule has 1 amide bonds. The lowest BCUT2D eigenvalue weighted by Crippen LogP contribution is -2.45. The van der Waals surface area contributed by atoms with Gasteiger partial charge in [0.15, 0.2) is 5.78 Å². The topological polar surface area (TPSA) is 59.8 Å². The van der Waals surface area contributed by atoms with Gasteiger partial charge >= 0.3 is 0 Å². The molecule has 0 atom stereocenters. The SMILES string of the molecule is O=C1CCCc2occ(C(=O)N3CCC4(CC3)OCc3ccccc34)c21. The van der Waals surface area contributed by atoms with Crippen LogP contribution >= 0.6 is 0 Å². The number of Topliss-reactive ketones (excluding diaryl/α,β-unsaturated/α-hetero) is 1. The van der Waals surface area contributed by atoms with Gasteiger partial charge < -0.3 is 14.1 Å². The molecule has 5 nitrogen and oxygen atoms in total. The lowest BCUT2D eigenvalue weighted by atomic mass is 9.83. The predicted molar refractivity (Wildman–Crippen MR) is 94.0 cm³/mol. The van der Waals surface area contributed by atoms with Crippen LogP contribution in [0.4, 0.5) is 0 Å². The third-order valence-electron chi connectivity index (χ3n) is 6.05. The van der Waals surface area contributed by atoms with Crippen LogP contribution in [0.25, 0.3) is 0 Å². The van der Waals surface area contributed by atoms with Crippen molar-refractivity contribution in [3.8, 4) is 0 Å². The van der Waals surface area contributed by atoms with E-state index in [0.29, 0.717) is 43.0 Å². The monoisotopic (exact) mass is 351 g/mol. The number of nitrogens with zero attached hydrogens (tertiary/aromatic N) is 1. The molecule has 0 bridgehead atoms. The summed E-state index contributed by atoms with van der Waals surface area (Å²) in [5.41, 5.74) is 3.21. The van der Waals surface area contributed by atoms with Crippen LogP contribution in [0.1, 0.15) is 63.3 Å². The van der Waals surface area contributed by atoms with Crippen LogP contribution in [0.15, 0.2) is 34.9 Å². The molecule has 5 heteroatoms. The Morgan fingerprint density at radius 1 is 1.12 bits per heavy atom. The Bertz CT molecular complexity index is 889. The molecule has 0 radical (unpaired) electrons. The van der Waals surface area contributed by atoms with Crippen molar-refractivity contribution >= 4 is 11.7 Å². The molecule has 1 fully saturated rings. The summed E-state index contributed by atoms with van der Waals surface area (Å²) in [6.45, 7) is 1.90. The number of carbonyl (C=O) groups excluding carboxylic acids is 2. The second-order valence-corrected chi connectivity index (χ2v) is 7.46. The van der Waals surface area contributed by atoms with Gasteiger partial charge in [0.25, 0.3) is 5.91 Å². The highest BCUT2D eigenvalue weighted by Crippen LogP contribution is 2.44. The molecule has 26 heavy (non-hydrogen) atoms. The Morgan fingerprint density at radius 3 is 2.77 bits per heavy atom. The van der Waals surface area contributed by atoms with Gasteiger partial charge in [0.2, 0.25) is 0 Å². The van der Waals surface area contributed by atoms with E-state index in [-0.39, 0.29) is 17.3 Å². The van der Waals surface area contributed by atoms with E-state index in [1.165, 1.54) is 17.4 Å². The zero-order chi connectivity index (χ0) is 17.7. The van der Waals surface area contributed by atoms with E-state index in [1.54, 1.807) is 0 Å². The summed E-state index contributed by atoms with van der Waals surface area (Å²) in [5.74, 6) is 0.613. The van der Waals surface area contributed by atoms with Crippen molar-refractivity contribution in [2.24, 2.45) is 0 Å². The Balaban J connectivity index is 1.36. The fraction of sp³-hybridized carbons (Fsp3) is 0.429. The molecule has 3 aliphatic rings. The van der Waals surface area contributed by atoms with E-state index in [0.717, 1.165) is 25.7 Å². The molecule has 1 spiro atoms. The minimum Gasteiger partial charge on any atom is -0.468 e. The summed E-state index contributed by atoms with van der Waals surface area (Å²) in [6, 6.07) is 8.35. The quantitative estimate of drug-likeness (QED) is 0.789. The van der Waals surface area contributed by atoms with Crippen LogP contribution in [0, 0.1) is 0 Å². The predicted octanol–water partition coefficient (Wildman–Crippen LogP) is 3.46. The first-order chi connectivity index (χ1) is 12.7. The summed E-state index contributed by atoms with van der Waals surface area (Å²) in [6.07, 6.45) is 5.08. The van der Waals surface area contributed by atoms with Crippen LogP contribution in [0.5, 0.6) is 0 Å². The maximum absolute atomic E-state index is 13.0. The summed E-state index contributed by atoms with van der Waals surface area (Å²) in [5, 5.41) is 0. The lowest BCUT2D eigenvalue weighted by Gasteiger charge is -2.39. The fourth-order valence-electron chi connectivity index (χ4n) is 4.62. The molecular weight excluding hydrogens is 330 g/mol. The van der Waals surface area contributed by atoms with Crippen molar-refractivity contribution < 1.29 is 18.7 Å². The number of hydrogen-bond donors (Lipinski definition) is 0. The maximum atomic E-state index is 13.0. The molecular formula is C21H21NO4. The van der Waals surface area contributed by atoms with Crippen LogP contribution in [-0.2, 0) is 23.4 Å². The summed E-state index contributed by atoms with van der Waals surface area (Å²) in [7, 11) is 0. The first kappa shape index (κ1) is 15.8. The molecule has 1 saturated heterocycles. The van der Waals surface area contributed by atoms with E-state index in [1.807, 2.05) is 11.0 Å². The van der Waals surface area contributed by atoms with E-state index in [2.05, 4.69) is 18.2 Å². The van der Waals surface area contributed by atoms with Crippen molar-refractivity contribution in [2.75, 3.05) is 13.1 Å². The number of fused-ring (bicyclic) bond motifs is 3. The normalized spacial score (nSPS) is 20.9. The molecule has 1 aliphatic carbocycles. The summed E-state index contributed by atoms with van der Waals surface area (Å²) in [4.78, 5) is 27.1. The number of hydrogen-bond acceptors (Lipinski definition) is 4. The van der Waals surface area contributed by atoms with Crippen LogP contribution < -0.4 is 0 Å². The largest absolute Gasteiger partial charge is 0.468 e. The van der Waals surface area contributed by atoms with Gasteiger partial charge in [0, 0.05) is 25.9 Å². The van der Waals surface area contributed by atoms with E-state index in [4.69, 9.17) is 9.15 Å². The highest BCUT2D eigenvalue weighted by molar-refractivity contribution is 6.09. The van der Waals surface area contributed by atoms with Crippen molar-refractivity contribution in [1.82, 2.24) is 4.90 Å². The number of ether oxygens (including phenoxy) is 1. The number of amides is 1. The zero-order valence-corrected chi connectivity index (χ0v) is 14.6. The number of benzene rings is 1. The molecule has 0 N–H and O–H groups in total. The van der Waals surface area contributed by atoms with Crippen molar-refractivity contribution in [1.29, 1.82) is 0 Å². The number of likely N-dealkylation sites (tertiary alicyclic amines) is 1. The summed E-state index contributed by atoms with van der Waals surface area (Å²) >= 11 is 0. The third-order valence-corrected chi connectivity index (χ3v) is 6.05. The molecule has 0 unspecified atom stereocenters. The highest BCUT2D eigenvalue weighted by atomic mass is 16.5. The minimum atomic E-state index is -0.265. The molecule has 5 rings (SSSR count). The van der Waals surface area contributed by atoms with Gasteiger partial charge in [-0.2, -0.15) is 0 Å². The van der Waals surface area contributed by atoms with Gasteiger partial charge in [0.05, 0.1) is 23.3 Å². The lowest BCUT2D eigenvalue weighted by molar-refractivity contribution is -0.0741. The first-order valence-electron chi connectivity index (χ1n) is 9.33. The number of piperidine rings is 1. The third kappa shape index (κ3) is 2.27. The molecule has 134 valence electrons. The van der Waals surface area contributed by atoms with Gasteiger partial charge in [-0.25, -0.2) is 0 Å². The number of furan rings is 1. The molecule has 3 heterocycles. The van der Waals surface area contributed by atoms with Gasteiger partial charge in [-0.15, -0.1) is 0 Å². The van der Waals surface area contributed by atoms with Crippen molar-refractivity contribution in [2.45, 2.75) is 44.3 Å². The zero-order valence-electron chi connectivity index (χ0n) is 14.6. The number of rotatable bonds is 1. The number of aryl methyl sites for hydroxylation is 1. The Labute approximate surface area is 151 Å². The Hall–Kier alpha value is -2.40. The molecule has 2 aromatic rings. The summed E-state index contributed by atoms with van der Waals surface area (Å²) < 4.78 is 11.7.